The molecule has 0 saturated carbocycles. The van der Waals surface area contributed by atoms with Crippen LogP contribution in [-0.2, 0) is 16.0 Å². The molecule has 0 aromatic heterocycles. The number of nitrogens with one attached hydrogen (secondary N) is 1. The number of amides is 2. The second kappa shape index (κ2) is 8.74. The molecule has 3 atom stereocenters. The summed E-state index contributed by atoms with van der Waals surface area (Å²) in [5.74, 6) is -0.0666. The van der Waals surface area contributed by atoms with Crippen molar-refractivity contribution in [3.8, 4) is 0 Å². The molecule has 1 saturated heterocycles. The van der Waals surface area contributed by atoms with Crippen LogP contribution < -0.4 is 11.1 Å². The van der Waals surface area contributed by atoms with E-state index in [1.807, 2.05) is 18.2 Å². The van der Waals surface area contributed by atoms with Gasteiger partial charge in [-0.05, 0) is 42.0 Å². The zero-order chi connectivity index (χ0) is 20.3. The van der Waals surface area contributed by atoms with E-state index >= 15 is 0 Å². The molecule has 1 aliphatic rings. The van der Waals surface area contributed by atoms with E-state index in [0.717, 1.165) is 29.2 Å². The number of hydrogen-bond donors (Lipinski definition) is 2. The SMILES string of the molecule is CC(C)C[C@@H]1N[C@H](C)CCN(C(Cc2ccc3ccccc3c2)C(N)=O)C1=O. The highest BCUT2D eigenvalue weighted by Gasteiger charge is 2.35. The summed E-state index contributed by atoms with van der Waals surface area (Å²) in [5, 5.41) is 5.71. The van der Waals surface area contributed by atoms with Crippen molar-refractivity contribution in [3.63, 3.8) is 0 Å². The molecule has 0 spiro atoms. The van der Waals surface area contributed by atoms with E-state index in [-0.39, 0.29) is 18.0 Å². The fourth-order valence-electron chi connectivity index (χ4n) is 4.04. The van der Waals surface area contributed by atoms with E-state index in [1.54, 1.807) is 4.90 Å². The number of nitrogens with two attached hydrogens (primary N) is 1. The summed E-state index contributed by atoms with van der Waals surface area (Å²) in [6.45, 7) is 6.85. The van der Waals surface area contributed by atoms with Gasteiger partial charge in [-0.15, -0.1) is 0 Å². The Morgan fingerprint density at radius 1 is 1.21 bits per heavy atom. The Hall–Kier alpha value is -2.40. The van der Waals surface area contributed by atoms with Gasteiger partial charge in [0.1, 0.15) is 6.04 Å². The van der Waals surface area contributed by atoms with Crippen LogP contribution in [0.2, 0.25) is 0 Å². The molecule has 2 aromatic rings. The topological polar surface area (TPSA) is 75.4 Å². The maximum Gasteiger partial charge on any atom is 0.240 e. The van der Waals surface area contributed by atoms with E-state index in [2.05, 4.69) is 50.4 Å². The Bertz CT molecular complexity index is 849. The van der Waals surface area contributed by atoms with Crippen LogP contribution in [0.1, 0.15) is 39.2 Å². The van der Waals surface area contributed by atoms with Gasteiger partial charge in [-0.2, -0.15) is 0 Å². The van der Waals surface area contributed by atoms with E-state index in [1.165, 1.54) is 0 Å². The quantitative estimate of drug-likeness (QED) is 0.808. The van der Waals surface area contributed by atoms with Crippen LogP contribution in [0.25, 0.3) is 10.8 Å². The molecule has 28 heavy (non-hydrogen) atoms. The number of nitrogens with zero attached hydrogens (tertiary/aromatic N) is 1. The molecule has 3 rings (SSSR count). The van der Waals surface area contributed by atoms with Crippen LogP contribution >= 0.6 is 0 Å². The second-order valence-corrected chi connectivity index (χ2v) is 8.37. The molecule has 0 radical (unpaired) electrons. The number of benzene rings is 2. The normalized spacial score (nSPS) is 21.7. The lowest BCUT2D eigenvalue weighted by atomic mass is 9.98. The molecule has 5 nitrogen and oxygen atoms in total. The number of carbonyl (C=O) groups excluding carboxylic acids is 2. The summed E-state index contributed by atoms with van der Waals surface area (Å²) in [7, 11) is 0. The van der Waals surface area contributed by atoms with E-state index in [4.69, 9.17) is 5.73 Å². The van der Waals surface area contributed by atoms with Crippen molar-refractivity contribution in [3.05, 3.63) is 48.0 Å². The molecule has 150 valence electrons. The first-order valence-corrected chi connectivity index (χ1v) is 10.2. The summed E-state index contributed by atoms with van der Waals surface area (Å²) >= 11 is 0. The fourth-order valence-corrected chi connectivity index (χ4v) is 4.04. The summed E-state index contributed by atoms with van der Waals surface area (Å²) < 4.78 is 0. The van der Waals surface area contributed by atoms with Crippen LogP contribution in [0, 0.1) is 5.92 Å². The summed E-state index contributed by atoms with van der Waals surface area (Å²) in [6.07, 6.45) is 2.00. The third-order valence-corrected chi connectivity index (χ3v) is 5.52. The summed E-state index contributed by atoms with van der Waals surface area (Å²) in [4.78, 5) is 27.3. The largest absolute Gasteiger partial charge is 0.368 e. The van der Waals surface area contributed by atoms with Crippen LogP contribution in [-0.4, -0.2) is 41.4 Å². The third kappa shape index (κ3) is 4.71. The number of carbonyl (C=O) groups is 2. The minimum Gasteiger partial charge on any atom is -0.368 e. The highest BCUT2D eigenvalue weighted by molar-refractivity contribution is 5.90. The van der Waals surface area contributed by atoms with Crippen molar-refractivity contribution in [1.29, 1.82) is 0 Å². The van der Waals surface area contributed by atoms with Gasteiger partial charge < -0.3 is 16.0 Å². The first kappa shape index (κ1) is 20.3. The van der Waals surface area contributed by atoms with Gasteiger partial charge >= 0.3 is 0 Å². The van der Waals surface area contributed by atoms with E-state index in [9.17, 15) is 9.59 Å². The molecule has 0 aliphatic carbocycles. The number of rotatable bonds is 6. The number of fused-ring (bicyclic) bond motifs is 1. The third-order valence-electron chi connectivity index (χ3n) is 5.52. The van der Waals surface area contributed by atoms with Gasteiger partial charge in [0.05, 0.1) is 6.04 Å². The molecule has 2 amide bonds. The molecule has 1 unspecified atom stereocenters. The highest BCUT2D eigenvalue weighted by Crippen LogP contribution is 2.21. The van der Waals surface area contributed by atoms with Crippen LogP contribution in [0.3, 0.4) is 0 Å². The van der Waals surface area contributed by atoms with Gasteiger partial charge in [0.2, 0.25) is 11.8 Å². The van der Waals surface area contributed by atoms with E-state index in [0.29, 0.717) is 18.9 Å². The van der Waals surface area contributed by atoms with Crippen LogP contribution in [0.15, 0.2) is 42.5 Å². The second-order valence-electron chi connectivity index (χ2n) is 8.37. The Morgan fingerprint density at radius 3 is 2.61 bits per heavy atom. The molecule has 5 heteroatoms. The van der Waals surface area contributed by atoms with Crippen molar-refractivity contribution in [2.24, 2.45) is 11.7 Å². The fraction of sp³-hybridized carbons (Fsp3) is 0.478. The minimum atomic E-state index is -0.629. The molecule has 1 heterocycles. The van der Waals surface area contributed by atoms with Crippen LogP contribution in [0.4, 0.5) is 0 Å². The van der Waals surface area contributed by atoms with Crippen molar-refractivity contribution < 1.29 is 9.59 Å². The number of primary amides is 1. The molecule has 2 aromatic carbocycles. The van der Waals surface area contributed by atoms with Gasteiger partial charge in [0.15, 0.2) is 0 Å². The van der Waals surface area contributed by atoms with Crippen molar-refractivity contribution in [2.75, 3.05) is 6.54 Å². The number of hydrogen-bond acceptors (Lipinski definition) is 3. The average molecular weight is 382 g/mol. The predicted octanol–water partition coefficient (Wildman–Crippen LogP) is 2.86. The van der Waals surface area contributed by atoms with E-state index < -0.39 is 11.9 Å². The molecule has 3 N–H and O–H groups in total. The maximum absolute atomic E-state index is 13.2. The smallest absolute Gasteiger partial charge is 0.240 e. The molecule has 1 fully saturated rings. The van der Waals surface area contributed by atoms with Crippen LogP contribution in [0.5, 0.6) is 0 Å². The molecular formula is C23H31N3O2. The average Bonchev–Trinajstić information content (AvgIpc) is 2.78. The lowest BCUT2D eigenvalue weighted by Crippen LogP contribution is -2.53. The molecule has 0 bridgehead atoms. The molecule has 1 aliphatic heterocycles. The standard InChI is InChI=1S/C23H31N3O2/c1-15(2)12-20-23(28)26(11-10-16(3)25-20)21(22(24)27)14-17-8-9-18-6-4-5-7-19(18)13-17/h4-9,13,15-16,20-21,25H,10-12,14H2,1-3H3,(H2,24,27)/t16-,20+,21?/m1/s1. The zero-order valence-electron chi connectivity index (χ0n) is 17.0. The first-order valence-electron chi connectivity index (χ1n) is 10.2. The molecular weight excluding hydrogens is 350 g/mol. The maximum atomic E-state index is 13.2. The Balaban J connectivity index is 1.86. The minimum absolute atomic E-state index is 0.0114. The van der Waals surface area contributed by atoms with Gasteiger partial charge in [-0.1, -0.05) is 56.3 Å². The van der Waals surface area contributed by atoms with Gasteiger partial charge in [-0.25, -0.2) is 0 Å². The lowest BCUT2D eigenvalue weighted by Gasteiger charge is -2.31. The Morgan fingerprint density at radius 2 is 1.93 bits per heavy atom. The summed E-state index contributed by atoms with van der Waals surface area (Å²) in [6, 6.07) is 13.6. The predicted molar refractivity (Wildman–Crippen MR) is 113 cm³/mol. The lowest BCUT2D eigenvalue weighted by molar-refractivity contribution is -0.140. The first-order chi connectivity index (χ1) is 13.3. The van der Waals surface area contributed by atoms with Gasteiger partial charge in [0.25, 0.3) is 0 Å². The van der Waals surface area contributed by atoms with Gasteiger partial charge in [0, 0.05) is 19.0 Å². The monoisotopic (exact) mass is 381 g/mol. The highest BCUT2D eigenvalue weighted by atomic mass is 16.2. The Kier molecular flexibility index (Phi) is 6.35. The zero-order valence-corrected chi connectivity index (χ0v) is 17.0. The van der Waals surface area contributed by atoms with Gasteiger partial charge in [-0.3, -0.25) is 9.59 Å². The van der Waals surface area contributed by atoms with Crippen molar-refractivity contribution in [2.45, 2.75) is 58.2 Å². The van der Waals surface area contributed by atoms with Crippen molar-refractivity contribution >= 4 is 22.6 Å². The Labute approximate surface area is 167 Å². The summed E-state index contributed by atoms with van der Waals surface area (Å²) in [5.41, 5.74) is 6.78. The van der Waals surface area contributed by atoms with Crippen molar-refractivity contribution in [1.82, 2.24) is 10.2 Å².